The lowest BCUT2D eigenvalue weighted by molar-refractivity contribution is -0.138. The predicted octanol–water partition coefficient (Wildman–Crippen LogP) is 3.33. The average Bonchev–Trinajstić information content (AvgIpc) is 3.14. The lowest BCUT2D eigenvalue weighted by Crippen LogP contribution is -2.35. The molecule has 0 saturated heterocycles. The third-order valence-electron chi connectivity index (χ3n) is 5.09. The molecule has 1 aliphatic rings. The van der Waals surface area contributed by atoms with Crippen LogP contribution in [0.1, 0.15) is 41.9 Å². The highest BCUT2D eigenvalue weighted by molar-refractivity contribution is 5.81. The molecule has 10 heteroatoms. The van der Waals surface area contributed by atoms with Crippen molar-refractivity contribution < 1.29 is 22.8 Å². The van der Waals surface area contributed by atoms with Crippen molar-refractivity contribution in [2.45, 2.75) is 32.1 Å². The Hall–Kier alpha value is -3.69. The topological polar surface area (TPSA) is 79.6 Å². The summed E-state index contributed by atoms with van der Waals surface area (Å²) in [6.07, 6.45) is -0.155. The van der Waals surface area contributed by atoms with Crippen LogP contribution in [0.15, 0.2) is 48.8 Å². The van der Waals surface area contributed by atoms with Gasteiger partial charge in [-0.3, -0.25) is 14.0 Å². The Labute approximate surface area is 175 Å². The molecule has 160 valence electrons. The summed E-state index contributed by atoms with van der Waals surface area (Å²) in [6.45, 7) is 1.31. The molecule has 2 aromatic heterocycles. The number of halogens is 3. The fourth-order valence-corrected chi connectivity index (χ4v) is 3.57. The number of hydrogen-bond donors (Lipinski definition) is 1. The van der Waals surface area contributed by atoms with Crippen molar-refractivity contribution in [1.82, 2.24) is 24.8 Å². The molecule has 1 aliphatic heterocycles. The van der Waals surface area contributed by atoms with Gasteiger partial charge in [0.15, 0.2) is 11.5 Å². The van der Waals surface area contributed by atoms with Crippen molar-refractivity contribution in [3.05, 3.63) is 71.3 Å². The van der Waals surface area contributed by atoms with E-state index < -0.39 is 17.8 Å². The van der Waals surface area contributed by atoms with Gasteiger partial charge in [0.1, 0.15) is 0 Å². The van der Waals surface area contributed by atoms with E-state index in [9.17, 15) is 22.8 Å². The number of fused-ring (bicyclic) bond motifs is 2. The second kappa shape index (κ2) is 7.86. The van der Waals surface area contributed by atoms with Crippen LogP contribution in [0.3, 0.4) is 0 Å². The fourth-order valence-electron chi connectivity index (χ4n) is 3.57. The van der Waals surface area contributed by atoms with Gasteiger partial charge in [-0.25, -0.2) is 0 Å². The Morgan fingerprint density at radius 1 is 1.13 bits per heavy atom. The van der Waals surface area contributed by atoms with Crippen molar-refractivity contribution in [2.24, 2.45) is 0 Å². The molecule has 0 spiro atoms. The van der Waals surface area contributed by atoms with Crippen LogP contribution in [0, 0.1) is 0 Å². The van der Waals surface area contributed by atoms with Gasteiger partial charge in [0.05, 0.1) is 24.6 Å². The molecule has 0 unspecified atom stereocenters. The quantitative estimate of drug-likeness (QED) is 0.690. The first-order chi connectivity index (χ1) is 14.7. The van der Waals surface area contributed by atoms with Crippen LogP contribution in [0.4, 0.5) is 13.2 Å². The van der Waals surface area contributed by atoms with E-state index in [-0.39, 0.29) is 36.3 Å². The minimum absolute atomic E-state index is 0.00846. The Balaban J connectivity index is 1.50. The van der Waals surface area contributed by atoms with E-state index in [4.69, 9.17) is 0 Å². The van der Waals surface area contributed by atoms with Crippen LogP contribution in [0.2, 0.25) is 0 Å². The Morgan fingerprint density at radius 2 is 1.90 bits per heavy atom. The number of benzene rings is 1. The third kappa shape index (κ3) is 4.14. The summed E-state index contributed by atoms with van der Waals surface area (Å²) in [5.74, 6) is -0.404. The van der Waals surface area contributed by atoms with E-state index in [1.165, 1.54) is 22.3 Å². The summed E-state index contributed by atoms with van der Waals surface area (Å²) in [5, 5.41) is 10.4. The number of hydrogen-bond acceptors (Lipinski definition) is 4. The van der Waals surface area contributed by atoms with Crippen LogP contribution in [0.25, 0.3) is 11.7 Å². The number of carbonyl (C=O) groups excluding carboxylic acids is 2. The lowest BCUT2D eigenvalue weighted by Gasteiger charge is -2.32. The van der Waals surface area contributed by atoms with Gasteiger partial charge < -0.3 is 10.2 Å². The molecule has 0 aliphatic carbocycles. The summed E-state index contributed by atoms with van der Waals surface area (Å²) in [4.78, 5) is 26.2. The molecule has 1 N–H and O–H groups in total. The Morgan fingerprint density at radius 3 is 2.65 bits per heavy atom. The van der Waals surface area contributed by atoms with Crippen LogP contribution in [-0.2, 0) is 22.3 Å². The van der Waals surface area contributed by atoms with Crippen LogP contribution >= 0.6 is 0 Å². The van der Waals surface area contributed by atoms with Gasteiger partial charge in [-0.2, -0.15) is 13.2 Å². The van der Waals surface area contributed by atoms with E-state index in [1.807, 2.05) is 30.3 Å². The van der Waals surface area contributed by atoms with E-state index in [0.29, 0.717) is 0 Å². The maximum absolute atomic E-state index is 13.0. The summed E-state index contributed by atoms with van der Waals surface area (Å²) in [6, 6.07) is 9.13. The Bertz CT molecular complexity index is 1190. The Kier molecular flexibility index (Phi) is 5.22. The van der Waals surface area contributed by atoms with Gasteiger partial charge >= 0.3 is 6.18 Å². The molecule has 31 heavy (non-hydrogen) atoms. The highest BCUT2D eigenvalue weighted by Crippen LogP contribution is 2.33. The summed E-state index contributed by atoms with van der Waals surface area (Å²) in [7, 11) is 0. The number of nitrogens with zero attached hydrogens (tertiary/aromatic N) is 4. The minimum atomic E-state index is -4.50. The van der Waals surface area contributed by atoms with Crippen LogP contribution < -0.4 is 5.32 Å². The highest BCUT2D eigenvalue weighted by Gasteiger charge is 2.31. The molecule has 0 bridgehead atoms. The fraction of sp³-hybridized carbons (Fsp3) is 0.238. The van der Waals surface area contributed by atoms with Gasteiger partial charge in [0, 0.05) is 19.3 Å². The van der Waals surface area contributed by atoms with Gasteiger partial charge in [-0.05, 0) is 29.3 Å². The van der Waals surface area contributed by atoms with Gasteiger partial charge in [0.2, 0.25) is 11.8 Å². The van der Waals surface area contributed by atoms with E-state index in [0.717, 1.165) is 23.4 Å². The molecule has 1 atom stereocenters. The smallest absolute Gasteiger partial charge is 0.349 e. The second-order valence-electron chi connectivity index (χ2n) is 7.13. The highest BCUT2D eigenvalue weighted by atomic mass is 19.4. The molecule has 0 radical (unpaired) electrons. The number of carbonyl (C=O) groups is 2. The van der Waals surface area contributed by atoms with E-state index in [2.05, 4.69) is 15.5 Å². The summed E-state index contributed by atoms with van der Waals surface area (Å²) < 4.78 is 40.2. The zero-order valence-electron chi connectivity index (χ0n) is 16.4. The van der Waals surface area contributed by atoms with Gasteiger partial charge in [0.25, 0.3) is 0 Å². The maximum atomic E-state index is 13.0. The van der Waals surface area contributed by atoms with Crippen LogP contribution in [0.5, 0.6) is 0 Å². The van der Waals surface area contributed by atoms with E-state index >= 15 is 0 Å². The van der Waals surface area contributed by atoms with Crippen molar-refractivity contribution >= 4 is 23.5 Å². The first-order valence-electron chi connectivity index (χ1n) is 9.47. The van der Waals surface area contributed by atoms with Crippen molar-refractivity contribution in [3.8, 4) is 0 Å². The predicted molar refractivity (Wildman–Crippen MR) is 105 cm³/mol. The molecule has 7 nitrogen and oxygen atoms in total. The second-order valence-corrected chi connectivity index (χ2v) is 7.13. The van der Waals surface area contributed by atoms with Crippen molar-refractivity contribution in [3.63, 3.8) is 0 Å². The number of aromatic nitrogens is 3. The lowest BCUT2D eigenvalue weighted by atomic mass is 9.93. The standard InChI is InChI=1S/C21H18F3N5O2/c1-13(30)28-9-8-14-4-2-3-5-16(14)17(28)10-20(31)25-11-19-27-26-18-7-6-15(12-29(18)19)21(22,23)24/h2-9,12,17H,10-11H2,1H3,(H,25,31)/t17-/m1/s1. The number of nitrogens with one attached hydrogen (secondary N) is 1. The number of rotatable bonds is 4. The summed E-state index contributed by atoms with van der Waals surface area (Å²) >= 11 is 0. The number of alkyl halides is 3. The molecule has 3 heterocycles. The maximum Gasteiger partial charge on any atom is 0.417 e. The number of pyridine rings is 1. The van der Waals surface area contributed by atoms with Crippen molar-refractivity contribution in [1.29, 1.82) is 0 Å². The third-order valence-corrected chi connectivity index (χ3v) is 5.09. The minimum Gasteiger partial charge on any atom is -0.349 e. The SMILES string of the molecule is CC(=O)N1C=Cc2ccccc2[C@H]1CC(=O)NCc1nnc2ccc(C(F)(F)F)cn12. The first kappa shape index (κ1) is 20.6. The average molecular weight is 429 g/mol. The first-order valence-corrected chi connectivity index (χ1v) is 9.47. The molecule has 1 aromatic carbocycles. The molecule has 4 rings (SSSR count). The van der Waals surface area contributed by atoms with E-state index in [1.54, 1.807) is 6.20 Å². The van der Waals surface area contributed by atoms with Crippen molar-refractivity contribution in [2.75, 3.05) is 0 Å². The zero-order chi connectivity index (χ0) is 22.2. The summed E-state index contributed by atoms with van der Waals surface area (Å²) in [5.41, 5.74) is 1.17. The number of amides is 2. The molecular weight excluding hydrogens is 411 g/mol. The molecule has 0 fully saturated rings. The van der Waals surface area contributed by atoms with Gasteiger partial charge in [-0.15, -0.1) is 10.2 Å². The zero-order valence-corrected chi connectivity index (χ0v) is 16.4. The normalized spacial score (nSPS) is 15.7. The molecule has 2 amide bonds. The molecule has 0 saturated carbocycles. The molecular formula is C21H18F3N5O2. The van der Waals surface area contributed by atoms with Gasteiger partial charge in [-0.1, -0.05) is 24.3 Å². The van der Waals surface area contributed by atoms with Crippen LogP contribution in [-0.4, -0.2) is 31.3 Å². The largest absolute Gasteiger partial charge is 0.417 e. The monoisotopic (exact) mass is 429 g/mol. The molecule has 3 aromatic rings.